The van der Waals surface area contributed by atoms with Crippen LogP contribution in [0.4, 0.5) is 4.79 Å². The summed E-state index contributed by atoms with van der Waals surface area (Å²) in [6.45, 7) is 10.6. The van der Waals surface area contributed by atoms with Crippen molar-refractivity contribution in [1.29, 1.82) is 0 Å². The lowest BCUT2D eigenvalue weighted by molar-refractivity contribution is -0.126. The molecule has 0 aromatic carbocycles. The van der Waals surface area contributed by atoms with Gasteiger partial charge in [0.25, 0.3) is 0 Å². The number of ether oxygens (including phenoxy) is 1. The third-order valence-electron chi connectivity index (χ3n) is 5.20. The molecule has 0 aliphatic carbocycles. The molecule has 29 heavy (non-hydrogen) atoms. The van der Waals surface area contributed by atoms with Gasteiger partial charge in [-0.25, -0.2) is 17.5 Å². The zero-order chi connectivity index (χ0) is 21.7. The van der Waals surface area contributed by atoms with E-state index in [0.29, 0.717) is 32.6 Å². The standard InChI is InChI=1S/C19H36N4O5S/c1-19(2,3)28-18(25)22-13-11-21(12-14-22)9-6-8-20-17(24)16-7-5-10-23(15-16)29(4,26)27/h16H,5-15H2,1-4H3,(H,20,24). The Morgan fingerprint density at radius 1 is 1.10 bits per heavy atom. The predicted molar refractivity (Wildman–Crippen MR) is 111 cm³/mol. The van der Waals surface area contributed by atoms with E-state index in [4.69, 9.17) is 4.74 Å². The van der Waals surface area contributed by atoms with Crippen LogP contribution in [0, 0.1) is 5.92 Å². The second kappa shape index (κ2) is 10.1. The molecule has 168 valence electrons. The van der Waals surface area contributed by atoms with Gasteiger partial charge in [-0.1, -0.05) is 0 Å². The van der Waals surface area contributed by atoms with Gasteiger partial charge in [0.15, 0.2) is 0 Å². The summed E-state index contributed by atoms with van der Waals surface area (Å²) >= 11 is 0. The van der Waals surface area contributed by atoms with E-state index in [0.717, 1.165) is 32.5 Å². The van der Waals surface area contributed by atoms with E-state index < -0.39 is 15.6 Å². The summed E-state index contributed by atoms with van der Waals surface area (Å²) in [4.78, 5) is 28.5. The van der Waals surface area contributed by atoms with E-state index in [1.807, 2.05) is 20.8 Å². The Bertz CT molecular complexity index is 669. The summed E-state index contributed by atoms with van der Waals surface area (Å²) in [6.07, 6.45) is 3.19. The minimum atomic E-state index is -3.24. The van der Waals surface area contributed by atoms with Crippen molar-refractivity contribution in [3.05, 3.63) is 0 Å². The van der Waals surface area contributed by atoms with Gasteiger partial charge >= 0.3 is 6.09 Å². The van der Waals surface area contributed by atoms with Crippen molar-refractivity contribution in [2.24, 2.45) is 5.92 Å². The highest BCUT2D eigenvalue weighted by atomic mass is 32.2. The van der Waals surface area contributed by atoms with Crippen molar-refractivity contribution in [3.63, 3.8) is 0 Å². The van der Waals surface area contributed by atoms with Crippen LogP contribution in [-0.2, 0) is 19.6 Å². The molecule has 2 amide bonds. The van der Waals surface area contributed by atoms with E-state index in [2.05, 4.69) is 10.2 Å². The molecule has 0 saturated carbocycles. The first kappa shape index (κ1) is 23.9. The lowest BCUT2D eigenvalue weighted by Gasteiger charge is -2.35. The van der Waals surface area contributed by atoms with Crippen molar-refractivity contribution in [3.8, 4) is 0 Å². The lowest BCUT2D eigenvalue weighted by atomic mass is 9.99. The predicted octanol–water partition coefficient (Wildman–Crippen LogP) is 0.717. The number of piperazine rings is 1. The smallest absolute Gasteiger partial charge is 0.410 e. The summed E-state index contributed by atoms with van der Waals surface area (Å²) in [5.41, 5.74) is -0.483. The SMILES string of the molecule is CC(C)(C)OC(=O)N1CCN(CCCNC(=O)C2CCCN(S(C)(=O)=O)C2)CC1. The van der Waals surface area contributed by atoms with Crippen molar-refractivity contribution >= 4 is 22.0 Å². The van der Waals surface area contributed by atoms with Gasteiger partial charge in [0.2, 0.25) is 15.9 Å². The molecule has 10 heteroatoms. The van der Waals surface area contributed by atoms with Gasteiger partial charge in [0, 0.05) is 45.8 Å². The van der Waals surface area contributed by atoms with Gasteiger partial charge in [0.1, 0.15) is 5.60 Å². The van der Waals surface area contributed by atoms with Crippen LogP contribution in [-0.4, -0.2) is 98.7 Å². The molecule has 1 atom stereocenters. The number of rotatable bonds is 6. The molecule has 2 fully saturated rings. The zero-order valence-electron chi connectivity index (χ0n) is 18.1. The minimum absolute atomic E-state index is 0.0619. The lowest BCUT2D eigenvalue weighted by Crippen LogP contribution is -2.50. The molecule has 2 heterocycles. The number of carbonyl (C=O) groups excluding carboxylic acids is 2. The number of amides is 2. The molecule has 1 N–H and O–H groups in total. The molecular formula is C19H36N4O5S. The van der Waals surface area contributed by atoms with Crippen LogP contribution in [0.1, 0.15) is 40.0 Å². The molecule has 2 rings (SSSR count). The van der Waals surface area contributed by atoms with Crippen LogP contribution in [0.2, 0.25) is 0 Å². The largest absolute Gasteiger partial charge is 0.444 e. The summed E-state index contributed by atoms with van der Waals surface area (Å²) in [6, 6.07) is 0. The fraction of sp³-hybridized carbons (Fsp3) is 0.895. The van der Waals surface area contributed by atoms with Crippen LogP contribution < -0.4 is 5.32 Å². The third kappa shape index (κ3) is 8.10. The fourth-order valence-corrected chi connectivity index (χ4v) is 4.51. The van der Waals surface area contributed by atoms with Crippen LogP contribution in [0.25, 0.3) is 0 Å². The van der Waals surface area contributed by atoms with Gasteiger partial charge in [-0.15, -0.1) is 0 Å². The van der Waals surface area contributed by atoms with E-state index in [1.165, 1.54) is 10.6 Å². The maximum atomic E-state index is 12.3. The van der Waals surface area contributed by atoms with Crippen LogP contribution in [0.5, 0.6) is 0 Å². The number of hydrogen-bond acceptors (Lipinski definition) is 6. The quantitative estimate of drug-likeness (QED) is 0.621. The van der Waals surface area contributed by atoms with Crippen molar-refractivity contribution in [2.45, 2.75) is 45.6 Å². The topological polar surface area (TPSA) is 99.3 Å². The first-order chi connectivity index (χ1) is 13.5. The summed E-state index contributed by atoms with van der Waals surface area (Å²) < 4.78 is 30.2. The van der Waals surface area contributed by atoms with Crippen molar-refractivity contribution in [2.75, 3.05) is 58.6 Å². The average molecular weight is 433 g/mol. The molecule has 0 aromatic rings. The number of nitrogens with one attached hydrogen (secondary N) is 1. The van der Waals surface area contributed by atoms with Crippen LogP contribution >= 0.6 is 0 Å². The Kier molecular flexibility index (Phi) is 8.30. The summed E-state index contributed by atoms with van der Waals surface area (Å²) in [5, 5.41) is 2.95. The van der Waals surface area contributed by atoms with E-state index in [-0.39, 0.29) is 24.5 Å². The van der Waals surface area contributed by atoms with Crippen molar-refractivity contribution in [1.82, 2.24) is 19.4 Å². The Morgan fingerprint density at radius 3 is 2.34 bits per heavy atom. The second-order valence-electron chi connectivity index (χ2n) is 8.91. The number of nitrogens with zero attached hydrogens (tertiary/aromatic N) is 3. The normalized spacial score (nSPS) is 22.3. The Morgan fingerprint density at radius 2 is 1.76 bits per heavy atom. The van der Waals surface area contributed by atoms with Crippen LogP contribution in [0.15, 0.2) is 0 Å². The molecule has 0 bridgehead atoms. The molecule has 0 aromatic heterocycles. The van der Waals surface area contributed by atoms with Gasteiger partial charge < -0.3 is 15.0 Å². The third-order valence-corrected chi connectivity index (χ3v) is 6.47. The molecule has 0 spiro atoms. The Labute approximate surface area is 174 Å². The number of hydrogen-bond donors (Lipinski definition) is 1. The molecule has 2 saturated heterocycles. The number of carbonyl (C=O) groups is 2. The second-order valence-corrected chi connectivity index (χ2v) is 10.9. The van der Waals surface area contributed by atoms with Gasteiger partial charge in [-0.05, 0) is 46.6 Å². The molecule has 1 unspecified atom stereocenters. The molecule has 2 aliphatic heterocycles. The van der Waals surface area contributed by atoms with Gasteiger partial charge in [-0.2, -0.15) is 0 Å². The van der Waals surface area contributed by atoms with Gasteiger partial charge in [-0.3, -0.25) is 9.69 Å². The fourth-order valence-electron chi connectivity index (χ4n) is 3.60. The molecule has 2 aliphatic rings. The maximum Gasteiger partial charge on any atom is 0.410 e. The number of sulfonamides is 1. The summed E-state index contributed by atoms with van der Waals surface area (Å²) in [7, 11) is -3.24. The zero-order valence-corrected chi connectivity index (χ0v) is 19.0. The monoisotopic (exact) mass is 432 g/mol. The maximum absolute atomic E-state index is 12.3. The highest BCUT2D eigenvalue weighted by Crippen LogP contribution is 2.18. The average Bonchev–Trinajstić information content (AvgIpc) is 2.63. The van der Waals surface area contributed by atoms with E-state index in [9.17, 15) is 18.0 Å². The highest BCUT2D eigenvalue weighted by molar-refractivity contribution is 7.88. The first-order valence-corrected chi connectivity index (χ1v) is 12.2. The van der Waals surface area contributed by atoms with Crippen molar-refractivity contribution < 1.29 is 22.7 Å². The minimum Gasteiger partial charge on any atom is -0.444 e. The Hall–Kier alpha value is -1.39. The first-order valence-electron chi connectivity index (χ1n) is 10.4. The Balaban J connectivity index is 1.62. The molecular weight excluding hydrogens is 396 g/mol. The van der Waals surface area contributed by atoms with Crippen LogP contribution in [0.3, 0.4) is 0 Å². The highest BCUT2D eigenvalue weighted by Gasteiger charge is 2.30. The molecule has 9 nitrogen and oxygen atoms in total. The van der Waals surface area contributed by atoms with E-state index >= 15 is 0 Å². The molecule has 0 radical (unpaired) electrons. The number of piperidine rings is 1. The van der Waals surface area contributed by atoms with E-state index in [1.54, 1.807) is 4.90 Å². The summed E-state index contributed by atoms with van der Waals surface area (Å²) in [5.74, 6) is -0.330. The van der Waals surface area contributed by atoms with Gasteiger partial charge in [0.05, 0.1) is 12.2 Å².